The van der Waals surface area contributed by atoms with Crippen molar-refractivity contribution in [3.8, 4) is 0 Å². The van der Waals surface area contributed by atoms with Gasteiger partial charge in [-0.25, -0.2) is 0 Å². The van der Waals surface area contributed by atoms with E-state index in [1.165, 1.54) is 0 Å². The number of thiol groups is 1. The summed E-state index contributed by atoms with van der Waals surface area (Å²) >= 11 is 3.64. The molecule has 0 saturated carbocycles. The summed E-state index contributed by atoms with van der Waals surface area (Å²) in [5, 5.41) is 10.1. The molecule has 3 heteroatoms. The summed E-state index contributed by atoms with van der Waals surface area (Å²) in [5.74, 6) is 0.160. The summed E-state index contributed by atoms with van der Waals surface area (Å²) in [6.07, 6.45) is 0. The van der Waals surface area contributed by atoms with Crippen molar-refractivity contribution < 1.29 is 56.5 Å². The normalized spacial score (nSPS) is 13.3. The molecule has 7 heavy (non-hydrogen) atoms. The van der Waals surface area contributed by atoms with E-state index in [1.807, 2.05) is 13.8 Å². The van der Waals surface area contributed by atoms with Crippen molar-refractivity contribution in [2.24, 2.45) is 5.92 Å². The van der Waals surface area contributed by atoms with Crippen LogP contribution in [0.15, 0.2) is 0 Å². The van der Waals surface area contributed by atoms with Crippen LogP contribution in [0.3, 0.4) is 0 Å². The van der Waals surface area contributed by atoms with Crippen molar-refractivity contribution >= 4 is 12.6 Å². The van der Waals surface area contributed by atoms with E-state index in [-0.39, 0.29) is 57.3 Å². The van der Waals surface area contributed by atoms with Crippen LogP contribution in [0, 0.1) is 5.92 Å². The van der Waals surface area contributed by atoms with Crippen LogP contribution < -0.4 is 56.5 Å². The van der Waals surface area contributed by atoms with Crippen LogP contribution in [0.1, 0.15) is 13.8 Å². The molecule has 1 nitrogen and oxygen atoms in total. The van der Waals surface area contributed by atoms with Crippen molar-refractivity contribution in [3.05, 3.63) is 0 Å². The van der Waals surface area contributed by atoms with E-state index in [4.69, 9.17) is 0 Å². The van der Waals surface area contributed by atoms with Crippen LogP contribution in [0.2, 0.25) is 0 Å². The Morgan fingerprint density at radius 1 is 1.43 bits per heavy atom. The zero-order valence-corrected chi connectivity index (χ0v) is 9.03. The van der Waals surface area contributed by atoms with Crippen molar-refractivity contribution in [2.45, 2.75) is 19.3 Å². The fourth-order valence-corrected chi connectivity index (χ4v) is 0. The van der Waals surface area contributed by atoms with Crippen LogP contribution in [0.4, 0.5) is 0 Å². The first-order chi connectivity index (χ1) is 2.64. The van der Waals surface area contributed by atoms with E-state index >= 15 is 0 Å². The van der Waals surface area contributed by atoms with Gasteiger partial charge in [-0.15, -0.1) is 0 Å². The van der Waals surface area contributed by atoms with Crippen molar-refractivity contribution in [1.29, 1.82) is 0 Å². The zero-order valence-electron chi connectivity index (χ0n) is 5.01. The molecule has 0 aliphatic rings. The molecule has 0 N–H and O–H groups in total. The van der Waals surface area contributed by atoms with Gasteiger partial charge in [0.1, 0.15) is 0 Å². The Balaban J connectivity index is 0. The molecule has 38 valence electrons. The number of rotatable bonds is 1. The molecule has 0 rings (SSSR count). The van der Waals surface area contributed by atoms with E-state index in [2.05, 4.69) is 12.6 Å². The molecule has 0 aliphatic heterocycles. The summed E-state index contributed by atoms with van der Waals surface area (Å²) < 4.78 is 0. The largest absolute Gasteiger partial charge is 1.00 e. The molecule has 0 fully saturated rings. The van der Waals surface area contributed by atoms with Crippen LogP contribution in [0.5, 0.6) is 0 Å². The Hall–Kier alpha value is 1.95. The molecular weight excluding hydrogens is 135 g/mol. The SMILES string of the molecule is CC(C)C([O-])S.[K+]. The Bertz CT molecular complexity index is 32.7. The zero-order chi connectivity index (χ0) is 5.15. The molecule has 0 amide bonds. The van der Waals surface area contributed by atoms with Gasteiger partial charge in [-0.2, -0.15) is 12.6 Å². The fraction of sp³-hybridized carbons (Fsp3) is 1.00. The Morgan fingerprint density at radius 2 is 1.57 bits per heavy atom. The molecule has 0 saturated heterocycles. The monoisotopic (exact) mass is 144 g/mol. The Labute approximate surface area is 92.7 Å². The van der Waals surface area contributed by atoms with Gasteiger partial charge in [0.15, 0.2) is 0 Å². The molecule has 0 heterocycles. The van der Waals surface area contributed by atoms with E-state index in [1.54, 1.807) is 0 Å². The van der Waals surface area contributed by atoms with Crippen molar-refractivity contribution in [1.82, 2.24) is 0 Å². The molecule has 1 atom stereocenters. The maximum atomic E-state index is 10.1. The summed E-state index contributed by atoms with van der Waals surface area (Å²) in [6.45, 7) is 3.70. The number of hydrogen-bond acceptors (Lipinski definition) is 2. The summed E-state index contributed by atoms with van der Waals surface area (Å²) in [5.41, 5.74) is -0.704. The van der Waals surface area contributed by atoms with E-state index in [0.717, 1.165) is 0 Å². The molecule has 0 radical (unpaired) electrons. The predicted octanol–water partition coefficient (Wildman–Crippen LogP) is -2.74. The topological polar surface area (TPSA) is 23.1 Å². The Kier molecular flexibility index (Phi) is 10.2. The van der Waals surface area contributed by atoms with E-state index in [0.29, 0.717) is 0 Å². The minimum atomic E-state index is -0.704. The second kappa shape index (κ2) is 6.07. The average Bonchev–Trinajstić information content (AvgIpc) is 1.36. The first kappa shape index (κ1) is 11.7. The standard InChI is InChI=1S/C4H9OS.K/c1-3(2)4(5)6;/h3-4,6H,1-2H3;/q-1;+1. The molecule has 0 spiro atoms. The summed E-state index contributed by atoms with van der Waals surface area (Å²) in [4.78, 5) is 0. The molecule has 0 aliphatic carbocycles. The molecule has 0 aromatic carbocycles. The van der Waals surface area contributed by atoms with Crippen LogP contribution >= 0.6 is 12.6 Å². The molecule has 0 bridgehead atoms. The van der Waals surface area contributed by atoms with Gasteiger partial charge in [-0.3, -0.25) is 0 Å². The summed E-state index contributed by atoms with van der Waals surface area (Å²) in [7, 11) is 0. The first-order valence-electron chi connectivity index (χ1n) is 1.98. The third kappa shape index (κ3) is 7.95. The smallest absolute Gasteiger partial charge is 0.844 e. The van der Waals surface area contributed by atoms with Crippen LogP contribution in [-0.4, -0.2) is 5.44 Å². The maximum Gasteiger partial charge on any atom is 1.00 e. The van der Waals surface area contributed by atoms with Gasteiger partial charge in [0.2, 0.25) is 0 Å². The van der Waals surface area contributed by atoms with Gasteiger partial charge in [0, 0.05) is 0 Å². The first-order valence-corrected chi connectivity index (χ1v) is 2.50. The third-order valence-electron chi connectivity index (χ3n) is 0.570. The van der Waals surface area contributed by atoms with Gasteiger partial charge in [-0.1, -0.05) is 25.2 Å². The van der Waals surface area contributed by atoms with Crippen LogP contribution in [0.25, 0.3) is 0 Å². The molecule has 1 unspecified atom stereocenters. The van der Waals surface area contributed by atoms with Crippen LogP contribution in [-0.2, 0) is 0 Å². The molecule has 0 aromatic heterocycles. The van der Waals surface area contributed by atoms with Gasteiger partial charge in [-0.05, 0) is 0 Å². The molecular formula is C4H9KOS. The van der Waals surface area contributed by atoms with Crippen molar-refractivity contribution in [3.63, 3.8) is 0 Å². The second-order valence-corrected chi connectivity index (χ2v) is 2.14. The summed E-state index contributed by atoms with van der Waals surface area (Å²) in [6, 6.07) is 0. The van der Waals surface area contributed by atoms with Gasteiger partial charge in [0.05, 0.1) is 0 Å². The fourth-order valence-electron chi connectivity index (χ4n) is 0. The van der Waals surface area contributed by atoms with Crippen molar-refractivity contribution in [2.75, 3.05) is 0 Å². The van der Waals surface area contributed by atoms with Gasteiger partial charge >= 0.3 is 51.4 Å². The van der Waals surface area contributed by atoms with E-state index in [9.17, 15) is 5.11 Å². The second-order valence-electron chi connectivity index (χ2n) is 1.63. The maximum absolute atomic E-state index is 10.1. The number of hydrogen-bond donors (Lipinski definition) is 1. The third-order valence-corrected chi connectivity index (χ3v) is 1.17. The van der Waals surface area contributed by atoms with Gasteiger partial charge < -0.3 is 5.11 Å². The minimum Gasteiger partial charge on any atom is -0.844 e. The molecule has 0 aromatic rings. The average molecular weight is 144 g/mol. The minimum absolute atomic E-state index is 0. The van der Waals surface area contributed by atoms with Gasteiger partial charge in [0.25, 0.3) is 0 Å². The quantitative estimate of drug-likeness (QED) is 0.241. The Morgan fingerprint density at radius 3 is 1.57 bits per heavy atom. The van der Waals surface area contributed by atoms with E-state index < -0.39 is 5.44 Å². The predicted molar refractivity (Wildman–Crippen MR) is 27.6 cm³/mol.